The van der Waals surface area contributed by atoms with Crippen molar-refractivity contribution >= 4 is 38.6 Å². The van der Waals surface area contributed by atoms with Gasteiger partial charge in [0.2, 0.25) is 0 Å². The van der Waals surface area contributed by atoms with Crippen molar-refractivity contribution in [3.63, 3.8) is 0 Å². The van der Waals surface area contributed by atoms with Gasteiger partial charge in [-0.05, 0) is 49.2 Å². The number of piperidine rings is 1. The predicted octanol–water partition coefficient (Wildman–Crippen LogP) is 3.85. The molecule has 0 bridgehead atoms. The molecule has 3 aromatic rings. The van der Waals surface area contributed by atoms with E-state index < -0.39 is 14.9 Å². The lowest BCUT2D eigenvalue weighted by Gasteiger charge is -2.31. The third-order valence-corrected chi connectivity index (χ3v) is 9.04. The second-order valence-electron chi connectivity index (χ2n) is 7.90. The van der Waals surface area contributed by atoms with Crippen molar-refractivity contribution in [3.05, 3.63) is 87.3 Å². The summed E-state index contributed by atoms with van der Waals surface area (Å²) < 4.78 is 27.9. The van der Waals surface area contributed by atoms with Crippen molar-refractivity contribution in [2.75, 3.05) is 18.4 Å². The first kappa shape index (κ1) is 23.9. The number of nitrogens with one attached hydrogen (secondary N) is 2. The SMILES string of the molecule is O=C(NCc1ccc(S(=O)(=O)N2CCC(Nc3ccccc3)CC2)s1)c1ccc([N+](=O)[O-])cc1. The van der Waals surface area contributed by atoms with Gasteiger partial charge in [0.25, 0.3) is 21.6 Å². The molecule has 178 valence electrons. The van der Waals surface area contributed by atoms with Gasteiger partial charge in [-0.3, -0.25) is 14.9 Å². The molecular formula is C23H24N4O5S2. The molecule has 34 heavy (non-hydrogen) atoms. The Morgan fingerprint density at radius 3 is 2.35 bits per heavy atom. The van der Waals surface area contributed by atoms with Crippen molar-refractivity contribution in [1.82, 2.24) is 9.62 Å². The van der Waals surface area contributed by atoms with E-state index >= 15 is 0 Å². The van der Waals surface area contributed by atoms with Crippen LogP contribution in [0.3, 0.4) is 0 Å². The zero-order valence-electron chi connectivity index (χ0n) is 18.2. The Balaban J connectivity index is 1.31. The molecule has 2 heterocycles. The van der Waals surface area contributed by atoms with E-state index in [9.17, 15) is 23.3 Å². The number of nitro benzene ring substituents is 1. The van der Waals surface area contributed by atoms with Crippen molar-refractivity contribution in [3.8, 4) is 0 Å². The van der Waals surface area contributed by atoms with Crippen LogP contribution in [0.2, 0.25) is 0 Å². The second-order valence-corrected chi connectivity index (χ2v) is 11.2. The van der Waals surface area contributed by atoms with Crippen molar-refractivity contribution < 1.29 is 18.1 Å². The summed E-state index contributed by atoms with van der Waals surface area (Å²) in [6.45, 7) is 1.05. The number of rotatable bonds is 8. The van der Waals surface area contributed by atoms with Gasteiger partial charge in [0.1, 0.15) is 4.21 Å². The number of hydrogen-bond acceptors (Lipinski definition) is 7. The van der Waals surface area contributed by atoms with Crippen LogP contribution in [-0.4, -0.2) is 42.7 Å². The number of nitro groups is 1. The molecule has 0 aliphatic carbocycles. The molecular weight excluding hydrogens is 476 g/mol. The van der Waals surface area contributed by atoms with E-state index in [1.165, 1.54) is 28.6 Å². The molecule has 1 aliphatic heterocycles. The van der Waals surface area contributed by atoms with Gasteiger partial charge < -0.3 is 10.6 Å². The summed E-state index contributed by atoms with van der Waals surface area (Å²) in [7, 11) is -3.59. The smallest absolute Gasteiger partial charge is 0.269 e. The zero-order valence-corrected chi connectivity index (χ0v) is 19.8. The number of nitrogens with zero attached hydrogens (tertiary/aromatic N) is 2. The van der Waals surface area contributed by atoms with E-state index in [0.717, 1.165) is 29.9 Å². The largest absolute Gasteiger partial charge is 0.382 e. The summed E-state index contributed by atoms with van der Waals surface area (Å²) >= 11 is 1.13. The van der Waals surface area contributed by atoms with Gasteiger partial charge in [-0.15, -0.1) is 11.3 Å². The van der Waals surface area contributed by atoms with Crippen molar-refractivity contribution in [2.24, 2.45) is 0 Å². The van der Waals surface area contributed by atoms with Crippen LogP contribution >= 0.6 is 11.3 Å². The number of sulfonamides is 1. The van der Waals surface area contributed by atoms with Gasteiger partial charge >= 0.3 is 0 Å². The molecule has 4 rings (SSSR count). The first-order valence-electron chi connectivity index (χ1n) is 10.8. The molecule has 1 amide bonds. The third-order valence-electron chi connectivity index (χ3n) is 5.59. The fourth-order valence-corrected chi connectivity index (χ4v) is 6.65. The molecule has 1 fully saturated rings. The highest BCUT2D eigenvalue weighted by molar-refractivity contribution is 7.91. The number of carbonyl (C=O) groups excluding carboxylic acids is 1. The molecule has 0 saturated carbocycles. The molecule has 1 saturated heterocycles. The van der Waals surface area contributed by atoms with Crippen molar-refractivity contribution in [1.29, 1.82) is 0 Å². The fourth-order valence-electron chi connectivity index (χ4n) is 3.73. The van der Waals surface area contributed by atoms with Crippen LogP contribution in [0.4, 0.5) is 11.4 Å². The minimum atomic E-state index is -3.59. The Bertz CT molecular complexity index is 1250. The van der Waals surface area contributed by atoms with Crippen LogP contribution in [0.25, 0.3) is 0 Å². The Kier molecular flexibility index (Phi) is 7.25. The van der Waals surface area contributed by atoms with Crippen LogP contribution in [0.1, 0.15) is 28.1 Å². The van der Waals surface area contributed by atoms with E-state index in [-0.39, 0.29) is 28.4 Å². The molecule has 1 aromatic heterocycles. The Morgan fingerprint density at radius 2 is 1.71 bits per heavy atom. The molecule has 0 unspecified atom stereocenters. The first-order valence-corrected chi connectivity index (χ1v) is 13.0. The summed E-state index contributed by atoms with van der Waals surface area (Å²) in [5.41, 5.74) is 1.23. The molecule has 2 aromatic carbocycles. The maximum absolute atomic E-state index is 13.1. The number of amides is 1. The number of benzene rings is 2. The monoisotopic (exact) mass is 500 g/mol. The lowest BCUT2D eigenvalue weighted by molar-refractivity contribution is -0.384. The van der Waals surface area contributed by atoms with Gasteiger partial charge in [-0.2, -0.15) is 4.31 Å². The molecule has 0 spiro atoms. The lowest BCUT2D eigenvalue weighted by atomic mass is 10.1. The fraction of sp³-hybridized carbons (Fsp3) is 0.261. The Hall–Kier alpha value is -3.28. The normalized spacial score (nSPS) is 15.1. The van der Waals surface area contributed by atoms with E-state index in [2.05, 4.69) is 10.6 Å². The third kappa shape index (κ3) is 5.61. The maximum atomic E-state index is 13.1. The standard InChI is InChI=1S/C23H24N4O5S2/c28-23(17-6-8-20(9-7-17)27(29)30)24-16-21-10-11-22(33-21)34(31,32)26-14-12-19(13-15-26)25-18-4-2-1-3-5-18/h1-11,19,25H,12-16H2,(H,24,28). The van der Waals surface area contributed by atoms with Gasteiger partial charge in [0.15, 0.2) is 0 Å². The van der Waals surface area contributed by atoms with Crippen LogP contribution in [-0.2, 0) is 16.6 Å². The predicted molar refractivity (Wildman–Crippen MR) is 130 cm³/mol. The number of anilines is 1. The summed E-state index contributed by atoms with van der Waals surface area (Å²) in [5.74, 6) is -0.388. The summed E-state index contributed by atoms with van der Waals surface area (Å²) in [5, 5.41) is 16.9. The average Bonchev–Trinajstić information content (AvgIpc) is 3.34. The van der Waals surface area contributed by atoms with E-state index in [4.69, 9.17) is 0 Å². The molecule has 0 radical (unpaired) electrons. The Morgan fingerprint density at radius 1 is 1.03 bits per heavy atom. The van der Waals surface area contributed by atoms with E-state index in [1.807, 2.05) is 30.3 Å². The first-order chi connectivity index (χ1) is 16.3. The average molecular weight is 501 g/mol. The number of hydrogen-bond donors (Lipinski definition) is 2. The number of thiophene rings is 1. The highest BCUT2D eigenvalue weighted by atomic mass is 32.2. The number of carbonyl (C=O) groups is 1. The molecule has 1 aliphatic rings. The zero-order chi connectivity index (χ0) is 24.1. The van der Waals surface area contributed by atoms with Gasteiger partial charge in [0.05, 0.1) is 11.5 Å². The second kappa shape index (κ2) is 10.3. The maximum Gasteiger partial charge on any atom is 0.269 e. The van der Waals surface area contributed by atoms with Gasteiger partial charge in [0, 0.05) is 47.4 Å². The molecule has 0 atom stereocenters. The van der Waals surface area contributed by atoms with Crippen LogP contribution in [0.5, 0.6) is 0 Å². The van der Waals surface area contributed by atoms with Crippen molar-refractivity contribution in [2.45, 2.75) is 29.6 Å². The van der Waals surface area contributed by atoms with Gasteiger partial charge in [-0.25, -0.2) is 8.42 Å². The van der Waals surface area contributed by atoms with Crippen LogP contribution < -0.4 is 10.6 Å². The van der Waals surface area contributed by atoms with Crippen LogP contribution in [0.15, 0.2) is 70.9 Å². The van der Waals surface area contributed by atoms with E-state index in [1.54, 1.807) is 12.1 Å². The van der Waals surface area contributed by atoms with Crippen LogP contribution in [0, 0.1) is 10.1 Å². The van der Waals surface area contributed by atoms with Gasteiger partial charge in [-0.1, -0.05) is 18.2 Å². The minimum absolute atomic E-state index is 0.0930. The summed E-state index contributed by atoms with van der Waals surface area (Å²) in [6.07, 6.45) is 1.44. The lowest BCUT2D eigenvalue weighted by Crippen LogP contribution is -2.42. The number of non-ortho nitro benzene ring substituents is 1. The molecule has 2 N–H and O–H groups in total. The quantitative estimate of drug-likeness (QED) is 0.358. The molecule has 11 heteroatoms. The summed E-state index contributed by atoms with van der Waals surface area (Å²) in [4.78, 5) is 23.2. The Labute approximate surface area is 201 Å². The molecule has 9 nitrogen and oxygen atoms in total. The topological polar surface area (TPSA) is 122 Å². The minimum Gasteiger partial charge on any atom is -0.382 e. The number of para-hydroxylation sites is 1. The highest BCUT2D eigenvalue weighted by Crippen LogP contribution is 2.28. The highest BCUT2D eigenvalue weighted by Gasteiger charge is 2.30. The van der Waals surface area contributed by atoms with E-state index in [0.29, 0.717) is 23.5 Å². The summed E-state index contributed by atoms with van der Waals surface area (Å²) in [6, 6.07) is 18.7.